The van der Waals surface area contributed by atoms with E-state index in [1.807, 2.05) is 0 Å². The lowest BCUT2D eigenvalue weighted by molar-refractivity contribution is -0.137. The lowest BCUT2D eigenvalue weighted by Gasteiger charge is -2.12. The van der Waals surface area contributed by atoms with Gasteiger partial charge in [-0.3, -0.25) is 14.2 Å². The standard InChI is InChI=1S/C18H11F3N4O2S2/c19-18(20,21)11-3-1-10(2-4-11)8-28-17-24-15-14(29-9-23-15)16(27)25(17)12-5-6-13(26)22-7-12/h1-7,9H,8H2,(H,22,26). The molecule has 4 aromatic rings. The number of thiazole rings is 1. The highest BCUT2D eigenvalue weighted by Gasteiger charge is 2.29. The smallest absolute Gasteiger partial charge is 0.327 e. The average Bonchev–Trinajstić information content (AvgIpc) is 3.16. The molecular weight excluding hydrogens is 425 g/mol. The van der Waals surface area contributed by atoms with Gasteiger partial charge < -0.3 is 4.98 Å². The van der Waals surface area contributed by atoms with Gasteiger partial charge in [0.05, 0.1) is 16.8 Å². The first-order chi connectivity index (χ1) is 13.8. The van der Waals surface area contributed by atoms with Crippen LogP contribution in [0.5, 0.6) is 0 Å². The summed E-state index contributed by atoms with van der Waals surface area (Å²) in [6.07, 6.45) is -2.99. The number of rotatable bonds is 4. The molecule has 0 unspecified atom stereocenters. The topological polar surface area (TPSA) is 80.6 Å². The zero-order valence-electron chi connectivity index (χ0n) is 14.4. The van der Waals surface area contributed by atoms with Crippen molar-refractivity contribution in [1.29, 1.82) is 0 Å². The van der Waals surface area contributed by atoms with Crippen LogP contribution in [0.2, 0.25) is 0 Å². The first-order valence-corrected chi connectivity index (χ1v) is 10.0. The third-order valence-electron chi connectivity index (χ3n) is 4.01. The summed E-state index contributed by atoms with van der Waals surface area (Å²) in [4.78, 5) is 35.3. The van der Waals surface area contributed by atoms with Crippen LogP contribution in [0.4, 0.5) is 13.2 Å². The summed E-state index contributed by atoms with van der Waals surface area (Å²) in [5.74, 6) is 0.295. The van der Waals surface area contributed by atoms with E-state index in [2.05, 4.69) is 15.0 Å². The van der Waals surface area contributed by atoms with E-state index in [9.17, 15) is 22.8 Å². The summed E-state index contributed by atoms with van der Waals surface area (Å²) in [7, 11) is 0. The summed E-state index contributed by atoms with van der Waals surface area (Å²) in [5.41, 5.74) is 1.51. The molecule has 0 aliphatic carbocycles. The van der Waals surface area contributed by atoms with Crippen molar-refractivity contribution in [3.63, 3.8) is 0 Å². The molecule has 0 atom stereocenters. The molecule has 0 bridgehead atoms. The number of nitrogens with zero attached hydrogens (tertiary/aromatic N) is 3. The second-order valence-electron chi connectivity index (χ2n) is 5.93. The Hall–Kier alpha value is -2.92. The van der Waals surface area contributed by atoms with Crippen molar-refractivity contribution in [2.45, 2.75) is 17.1 Å². The maximum Gasteiger partial charge on any atom is 0.416 e. The number of aromatic nitrogens is 4. The highest BCUT2D eigenvalue weighted by atomic mass is 32.2. The Morgan fingerprint density at radius 2 is 1.86 bits per heavy atom. The summed E-state index contributed by atoms with van der Waals surface area (Å²) in [6.45, 7) is 0. The van der Waals surface area contributed by atoms with Gasteiger partial charge in [-0.15, -0.1) is 11.3 Å². The van der Waals surface area contributed by atoms with Gasteiger partial charge in [-0.2, -0.15) is 13.2 Å². The normalized spacial score (nSPS) is 11.8. The summed E-state index contributed by atoms with van der Waals surface area (Å²) in [6, 6.07) is 7.60. The summed E-state index contributed by atoms with van der Waals surface area (Å²) < 4.78 is 39.9. The Labute approximate surface area is 169 Å². The predicted molar refractivity (Wildman–Crippen MR) is 105 cm³/mol. The minimum atomic E-state index is -4.40. The van der Waals surface area contributed by atoms with E-state index >= 15 is 0 Å². The number of hydrogen-bond donors (Lipinski definition) is 1. The van der Waals surface area contributed by atoms with Crippen molar-refractivity contribution >= 4 is 33.4 Å². The fraction of sp³-hybridized carbons (Fsp3) is 0.111. The minimum Gasteiger partial charge on any atom is -0.327 e. The van der Waals surface area contributed by atoms with Gasteiger partial charge >= 0.3 is 6.18 Å². The molecule has 148 valence electrons. The molecule has 3 aromatic heterocycles. The number of fused-ring (bicyclic) bond motifs is 1. The first-order valence-electron chi connectivity index (χ1n) is 8.17. The van der Waals surface area contributed by atoms with Crippen LogP contribution in [0.1, 0.15) is 11.1 Å². The molecule has 0 aliphatic heterocycles. The van der Waals surface area contributed by atoms with Gasteiger partial charge in [-0.05, 0) is 23.8 Å². The number of aromatic amines is 1. The maximum atomic E-state index is 12.9. The van der Waals surface area contributed by atoms with Crippen LogP contribution in [0.25, 0.3) is 16.0 Å². The van der Waals surface area contributed by atoms with Gasteiger partial charge in [0.25, 0.3) is 5.56 Å². The Morgan fingerprint density at radius 3 is 2.52 bits per heavy atom. The van der Waals surface area contributed by atoms with Crippen LogP contribution < -0.4 is 11.1 Å². The lowest BCUT2D eigenvalue weighted by Crippen LogP contribution is -2.22. The Morgan fingerprint density at radius 1 is 1.10 bits per heavy atom. The van der Waals surface area contributed by atoms with E-state index in [0.717, 1.165) is 23.5 Å². The second-order valence-corrected chi connectivity index (χ2v) is 7.73. The maximum absolute atomic E-state index is 12.9. The van der Waals surface area contributed by atoms with Gasteiger partial charge in [0.2, 0.25) is 5.56 Å². The van der Waals surface area contributed by atoms with Gasteiger partial charge in [-0.25, -0.2) is 9.97 Å². The van der Waals surface area contributed by atoms with E-state index < -0.39 is 11.7 Å². The minimum absolute atomic E-state index is 0.295. The molecule has 4 rings (SSSR count). The van der Waals surface area contributed by atoms with Gasteiger partial charge in [0.15, 0.2) is 10.8 Å². The highest BCUT2D eigenvalue weighted by molar-refractivity contribution is 7.98. The van der Waals surface area contributed by atoms with E-state index in [0.29, 0.717) is 32.5 Å². The number of H-pyrrole nitrogens is 1. The highest BCUT2D eigenvalue weighted by Crippen LogP contribution is 2.30. The molecule has 1 N–H and O–H groups in total. The van der Waals surface area contributed by atoms with Crippen molar-refractivity contribution in [3.05, 3.63) is 79.9 Å². The fourth-order valence-electron chi connectivity index (χ4n) is 2.60. The number of halogens is 3. The number of pyridine rings is 1. The molecule has 3 heterocycles. The van der Waals surface area contributed by atoms with Crippen LogP contribution in [-0.4, -0.2) is 19.5 Å². The van der Waals surface area contributed by atoms with E-state index in [4.69, 9.17) is 0 Å². The molecule has 0 spiro atoms. The van der Waals surface area contributed by atoms with Crippen molar-refractivity contribution in [2.24, 2.45) is 0 Å². The van der Waals surface area contributed by atoms with E-state index in [1.54, 1.807) is 0 Å². The van der Waals surface area contributed by atoms with Gasteiger partial charge in [0.1, 0.15) is 4.70 Å². The molecule has 0 aliphatic rings. The van der Waals surface area contributed by atoms with Crippen molar-refractivity contribution < 1.29 is 13.2 Å². The predicted octanol–water partition coefficient (Wildman–Crippen LogP) is 3.84. The fourth-order valence-corrected chi connectivity index (χ4v) is 4.21. The summed E-state index contributed by atoms with van der Waals surface area (Å²) in [5, 5.41) is 0.320. The third kappa shape index (κ3) is 3.96. The molecule has 6 nitrogen and oxygen atoms in total. The SMILES string of the molecule is O=c1ccc(-n2c(SCc3ccc(C(F)(F)F)cc3)nc3ncsc3c2=O)c[nH]1. The van der Waals surface area contributed by atoms with E-state index in [1.165, 1.54) is 52.3 Å². The van der Waals surface area contributed by atoms with Crippen molar-refractivity contribution in [1.82, 2.24) is 19.5 Å². The van der Waals surface area contributed by atoms with Crippen LogP contribution in [0.3, 0.4) is 0 Å². The molecule has 0 fully saturated rings. The average molecular weight is 436 g/mol. The second kappa shape index (κ2) is 7.48. The van der Waals surface area contributed by atoms with Gasteiger partial charge in [-0.1, -0.05) is 23.9 Å². The molecule has 11 heteroatoms. The molecular formula is C18H11F3N4O2S2. The summed E-state index contributed by atoms with van der Waals surface area (Å²) >= 11 is 2.35. The molecule has 1 aromatic carbocycles. The van der Waals surface area contributed by atoms with Gasteiger partial charge in [0, 0.05) is 18.0 Å². The van der Waals surface area contributed by atoms with Crippen molar-refractivity contribution in [2.75, 3.05) is 0 Å². The number of alkyl halides is 3. The monoisotopic (exact) mass is 436 g/mol. The zero-order chi connectivity index (χ0) is 20.6. The quantitative estimate of drug-likeness (QED) is 0.388. The number of nitrogens with one attached hydrogen (secondary N) is 1. The zero-order valence-corrected chi connectivity index (χ0v) is 16.1. The number of benzene rings is 1. The number of thioether (sulfide) groups is 1. The molecule has 29 heavy (non-hydrogen) atoms. The van der Waals surface area contributed by atoms with Crippen LogP contribution in [0, 0.1) is 0 Å². The number of hydrogen-bond acceptors (Lipinski definition) is 6. The third-order valence-corrected chi connectivity index (χ3v) is 5.83. The van der Waals surface area contributed by atoms with Crippen LogP contribution in [-0.2, 0) is 11.9 Å². The van der Waals surface area contributed by atoms with E-state index in [-0.39, 0.29) is 11.1 Å². The molecule has 0 saturated heterocycles. The largest absolute Gasteiger partial charge is 0.416 e. The van der Waals surface area contributed by atoms with Crippen LogP contribution >= 0.6 is 23.1 Å². The first kappa shape index (κ1) is 19.4. The Balaban J connectivity index is 1.71. The van der Waals surface area contributed by atoms with Crippen LogP contribution in [0.15, 0.2) is 62.9 Å². The van der Waals surface area contributed by atoms with Crippen molar-refractivity contribution in [3.8, 4) is 5.69 Å². The Bertz CT molecular complexity index is 1270. The Kier molecular flexibility index (Phi) is 5.01. The lowest BCUT2D eigenvalue weighted by atomic mass is 10.1. The molecule has 0 saturated carbocycles. The molecule has 0 amide bonds. The molecule has 0 radical (unpaired) electrons.